The molecule has 0 aliphatic carbocycles. The zero-order valence-electron chi connectivity index (χ0n) is 14.0. The van der Waals surface area contributed by atoms with Gasteiger partial charge in [-0.3, -0.25) is 4.79 Å². The minimum Gasteiger partial charge on any atom is -0.335 e. The molecule has 3 aromatic rings. The molecule has 0 saturated heterocycles. The van der Waals surface area contributed by atoms with Crippen molar-refractivity contribution in [3.8, 4) is 11.4 Å². The van der Waals surface area contributed by atoms with E-state index in [0.29, 0.717) is 21.6 Å². The number of nitrogens with one attached hydrogen (secondary N) is 1. The fourth-order valence-electron chi connectivity index (χ4n) is 2.21. The van der Waals surface area contributed by atoms with Gasteiger partial charge in [-0.25, -0.2) is 13.5 Å². The Morgan fingerprint density at radius 3 is 2.70 bits per heavy atom. The number of nitrogens with zero attached hydrogens (tertiary/aromatic N) is 3. The highest BCUT2D eigenvalue weighted by Crippen LogP contribution is 2.26. The molecule has 1 amide bonds. The minimum absolute atomic E-state index is 0.153. The minimum atomic E-state index is -1.04. The highest BCUT2D eigenvalue weighted by atomic mass is 35.5. The molecule has 0 aliphatic rings. The van der Waals surface area contributed by atoms with Gasteiger partial charge in [0.05, 0.1) is 5.25 Å². The van der Waals surface area contributed by atoms with Crippen molar-refractivity contribution in [2.45, 2.75) is 17.3 Å². The van der Waals surface area contributed by atoms with Gasteiger partial charge in [0.25, 0.3) is 0 Å². The molecule has 0 aliphatic heterocycles. The molecule has 2 aromatic carbocycles. The van der Waals surface area contributed by atoms with Crippen LogP contribution < -0.4 is 11.2 Å². The van der Waals surface area contributed by atoms with Gasteiger partial charge >= 0.3 is 0 Å². The molecule has 0 bridgehead atoms. The number of thioether (sulfide) groups is 1. The van der Waals surface area contributed by atoms with Crippen molar-refractivity contribution in [1.29, 1.82) is 0 Å². The summed E-state index contributed by atoms with van der Waals surface area (Å²) in [7, 11) is 0. The van der Waals surface area contributed by atoms with E-state index >= 15 is 0 Å². The van der Waals surface area contributed by atoms with Gasteiger partial charge in [0.1, 0.15) is 0 Å². The molecule has 0 unspecified atom stereocenters. The quantitative estimate of drug-likeness (QED) is 0.495. The van der Waals surface area contributed by atoms with Gasteiger partial charge in [-0.05, 0) is 31.2 Å². The molecule has 1 atom stereocenters. The summed E-state index contributed by atoms with van der Waals surface area (Å²) in [4.78, 5) is 12.3. The van der Waals surface area contributed by atoms with Crippen LogP contribution in [0, 0.1) is 11.6 Å². The molecule has 1 aromatic heterocycles. The van der Waals surface area contributed by atoms with E-state index in [4.69, 9.17) is 17.4 Å². The van der Waals surface area contributed by atoms with Gasteiger partial charge in [0.2, 0.25) is 11.1 Å². The van der Waals surface area contributed by atoms with Crippen molar-refractivity contribution >= 4 is 35.0 Å². The van der Waals surface area contributed by atoms with Crippen LogP contribution in [0.2, 0.25) is 5.02 Å². The Morgan fingerprint density at radius 1 is 1.22 bits per heavy atom. The number of benzene rings is 2. The van der Waals surface area contributed by atoms with Crippen LogP contribution in [0.4, 0.5) is 14.5 Å². The zero-order chi connectivity index (χ0) is 19.6. The van der Waals surface area contributed by atoms with E-state index in [2.05, 4.69) is 15.5 Å². The Bertz CT molecular complexity index is 997. The molecule has 0 spiro atoms. The SMILES string of the molecule is C[C@@H](Sc1nnc(-c2cccc(Cl)c2)n1N)C(=O)Nc1ccc(F)c(F)c1. The summed E-state index contributed by atoms with van der Waals surface area (Å²) in [6.45, 7) is 1.63. The average Bonchev–Trinajstić information content (AvgIpc) is 2.98. The molecular formula is C17H14ClF2N5OS. The first-order valence-electron chi connectivity index (χ1n) is 7.74. The Labute approximate surface area is 162 Å². The van der Waals surface area contributed by atoms with Crippen molar-refractivity contribution in [1.82, 2.24) is 14.9 Å². The number of amides is 1. The van der Waals surface area contributed by atoms with E-state index < -0.39 is 22.8 Å². The standard InChI is InChI=1S/C17H14ClF2N5OS/c1-9(16(26)22-12-5-6-13(19)14(20)8-12)27-17-24-23-15(25(17)21)10-3-2-4-11(18)7-10/h2-9H,21H2,1H3,(H,22,26)/t9-/m1/s1. The summed E-state index contributed by atoms with van der Waals surface area (Å²) in [5.74, 6) is 3.98. The molecule has 3 rings (SSSR count). The normalized spacial score (nSPS) is 12.0. The number of hydrogen-bond donors (Lipinski definition) is 2. The first kappa shape index (κ1) is 19.1. The predicted molar refractivity (Wildman–Crippen MR) is 101 cm³/mol. The zero-order valence-corrected chi connectivity index (χ0v) is 15.6. The molecule has 10 heteroatoms. The number of carbonyl (C=O) groups excluding carboxylic acids is 1. The van der Waals surface area contributed by atoms with Crippen molar-refractivity contribution in [3.05, 3.63) is 59.1 Å². The number of halogens is 3. The lowest BCUT2D eigenvalue weighted by Crippen LogP contribution is -2.23. The third-order valence-corrected chi connectivity index (χ3v) is 4.88. The maximum atomic E-state index is 13.2. The van der Waals surface area contributed by atoms with Crippen LogP contribution in [0.1, 0.15) is 6.92 Å². The summed E-state index contributed by atoms with van der Waals surface area (Å²) in [5, 5.41) is 10.8. The van der Waals surface area contributed by atoms with E-state index in [9.17, 15) is 13.6 Å². The van der Waals surface area contributed by atoms with Crippen LogP contribution in [-0.2, 0) is 4.79 Å². The number of nitrogen functional groups attached to an aromatic ring is 1. The number of nitrogens with two attached hydrogens (primary N) is 1. The van der Waals surface area contributed by atoms with E-state index in [1.807, 2.05) is 0 Å². The number of anilines is 1. The second kappa shape index (κ2) is 7.93. The third-order valence-electron chi connectivity index (χ3n) is 3.59. The molecule has 0 radical (unpaired) electrons. The van der Waals surface area contributed by atoms with Gasteiger partial charge in [-0.15, -0.1) is 10.2 Å². The largest absolute Gasteiger partial charge is 0.335 e. The predicted octanol–water partition coefficient (Wildman–Crippen LogP) is 3.71. The Hall–Kier alpha value is -2.65. The Kier molecular flexibility index (Phi) is 5.62. The lowest BCUT2D eigenvalue weighted by molar-refractivity contribution is -0.115. The van der Waals surface area contributed by atoms with Gasteiger partial charge < -0.3 is 11.2 Å². The van der Waals surface area contributed by atoms with Crippen molar-refractivity contribution < 1.29 is 13.6 Å². The van der Waals surface area contributed by atoms with Crippen molar-refractivity contribution in [2.75, 3.05) is 11.2 Å². The van der Waals surface area contributed by atoms with Crippen LogP contribution in [0.15, 0.2) is 47.6 Å². The molecule has 3 N–H and O–H groups in total. The second-order valence-electron chi connectivity index (χ2n) is 5.56. The number of hydrogen-bond acceptors (Lipinski definition) is 5. The van der Waals surface area contributed by atoms with E-state index in [1.165, 1.54) is 10.7 Å². The van der Waals surface area contributed by atoms with Crippen molar-refractivity contribution in [3.63, 3.8) is 0 Å². The average molecular weight is 410 g/mol. The van der Waals surface area contributed by atoms with E-state index in [-0.39, 0.29) is 5.69 Å². The van der Waals surface area contributed by atoms with Crippen molar-refractivity contribution in [2.24, 2.45) is 0 Å². The maximum absolute atomic E-state index is 13.2. The summed E-state index contributed by atoms with van der Waals surface area (Å²) >= 11 is 7.05. The molecule has 140 valence electrons. The van der Waals surface area contributed by atoms with E-state index in [0.717, 1.165) is 23.9 Å². The summed E-state index contributed by atoms with van der Waals surface area (Å²) in [5.41, 5.74) is 0.837. The van der Waals surface area contributed by atoms with Crippen LogP contribution in [0.25, 0.3) is 11.4 Å². The summed E-state index contributed by atoms with van der Waals surface area (Å²) in [6, 6.07) is 10.1. The number of aromatic nitrogens is 3. The second-order valence-corrected chi connectivity index (χ2v) is 7.31. The molecule has 27 heavy (non-hydrogen) atoms. The number of carbonyl (C=O) groups is 1. The highest BCUT2D eigenvalue weighted by molar-refractivity contribution is 8.00. The molecule has 0 saturated carbocycles. The Morgan fingerprint density at radius 2 is 2.00 bits per heavy atom. The lowest BCUT2D eigenvalue weighted by Gasteiger charge is -2.11. The molecule has 0 fully saturated rings. The maximum Gasteiger partial charge on any atom is 0.237 e. The van der Waals surface area contributed by atoms with Crippen LogP contribution >= 0.6 is 23.4 Å². The highest BCUT2D eigenvalue weighted by Gasteiger charge is 2.20. The summed E-state index contributed by atoms with van der Waals surface area (Å²) < 4.78 is 27.5. The smallest absolute Gasteiger partial charge is 0.237 e. The van der Waals surface area contributed by atoms with Crippen LogP contribution in [0.5, 0.6) is 0 Å². The van der Waals surface area contributed by atoms with Gasteiger partial charge in [-0.2, -0.15) is 0 Å². The fraction of sp³-hybridized carbons (Fsp3) is 0.118. The van der Waals surface area contributed by atoms with Gasteiger partial charge in [0.15, 0.2) is 17.5 Å². The first-order valence-corrected chi connectivity index (χ1v) is 9.00. The summed E-state index contributed by atoms with van der Waals surface area (Å²) in [6.07, 6.45) is 0. The number of rotatable bonds is 5. The third kappa shape index (κ3) is 4.37. The van der Waals surface area contributed by atoms with Crippen LogP contribution in [-0.4, -0.2) is 26.0 Å². The van der Waals surface area contributed by atoms with Crippen LogP contribution in [0.3, 0.4) is 0 Å². The lowest BCUT2D eigenvalue weighted by atomic mass is 10.2. The monoisotopic (exact) mass is 409 g/mol. The molecule has 6 nitrogen and oxygen atoms in total. The first-order chi connectivity index (χ1) is 12.8. The van der Waals surface area contributed by atoms with Gasteiger partial charge in [-0.1, -0.05) is 35.5 Å². The Balaban J connectivity index is 1.71. The van der Waals surface area contributed by atoms with Gasteiger partial charge in [0, 0.05) is 22.3 Å². The van der Waals surface area contributed by atoms with E-state index in [1.54, 1.807) is 31.2 Å². The molecule has 1 heterocycles. The molecular weight excluding hydrogens is 396 g/mol. The topological polar surface area (TPSA) is 85.8 Å². The fourth-order valence-corrected chi connectivity index (χ4v) is 3.17.